The van der Waals surface area contributed by atoms with Crippen LogP contribution in [0.5, 0.6) is 5.75 Å². The molecule has 6 heteroatoms. The maximum Gasteiger partial charge on any atom is 0.303 e. The predicted octanol–water partition coefficient (Wildman–Crippen LogP) is 2.77. The third kappa shape index (κ3) is 4.75. The van der Waals surface area contributed by atoms with Crippen molar-refractivity contribution in [3.8, 4) is 5.75 Å². The van der Waals surface area contributed by atoms with Gasteiger partial charge in [-0.2, -0.15) is 0 Å². The number of hydrogen-bond acceptors (Lipinski definition) is 4. The average Bonchev–Trinajstić information content (AvgIpc) is 3.17. The summed E-state index contributed by atoms with van der Waals surface area (Å²) in [7, 11) is 0. The second kappa shape index (κ2) is 8.54. The molecule has 2 fully saturated rings. The molecule has 0 bridgehead atoms. The largest absolute Gasteiger partial charge is 0.494 e. The smallest absolute Gasteiger partial charge is 0.303 e. The number of carboxylic acid groups (broad SMARTS) is 1. The molecule has 3 rings (SSSR count). The van der Waals surface area contributed by atoms with Crippen molar-refractivity contribution in [2.75, 3.05) is 31.1 Å². The van der Waals surface area contributed by atoms with Crippen molar-refractivity contribution in [2.45, 2.75) is 45.1 Å². The van der Waals surface area contributed by atoms with Crippen LogP contribution in [0.25, 0.3) is 0 Å². The summed E-state index contributed by atoms with van der Waals surface area (Å²) in [6.45, 7) is 5.72. The fraction of sp³-hybridized carbons (Fsp3) is 0.600. The molecule has 2 heterocycles. The van der Waals surface area contributed by atoms with Crippen LogP contribution in [0.3, 0.4) is 0 Å². The standard InChI is InChI=1S/C20H28N2O4/c1-15-4-2-9-21(15)10-3-11-26-18-7-5-17(6-8-18)22-14-16(12-19(22)23)13-20(24)25/h5-8,15-16H,2-4,9-14H2,1H3,(H,24,25). The molecular weight excluding hydrogens is 332 g/mol. The normalized spacial score (nSPS) is 23.6. The number of ether oxygens (including phenoxy) is 1. The van der Waals surface area contributed by atoms with Crippen molar-refractivity contribution in [3.63, 3.8) is 0 Å². The Morgan fingerprint density at radius 1 is 1.31 bits per heavy atom. The Morgan fingerprint density at radius 2 is 2.08 bits per heavy atom. The van der Waals surface area contributed by atoms with Gasteiger partial charge in [-0.1, -0.05) is 0 Å². The molecule has 0 aromatic heterocycles. The zero-order valence-electron chi connectivity index (χ0n) is 15.4. The monoisotopic (exact) mass is 360 g/mol. The molecule has 2 unspecified atom stereocenters. The number of rotatable bonds is 8. The van der Waals surface area contributed by atoms with E-state index >= 15 is 0 Å². The molecule has 0 saturated carbocycles. The lowest BCUT2D eigenvalue weighted by molar-refractivity contribution is -0.137. The van der Waals surface area contributed by atoms with Crippen LogP contribution in [0.1, 0.15) is 39.0 Å². The van der Waals surface area contributed by atoms with E-state index in [9.17, 15) is 9.59 Å². The molecule has 26 heavy (non-hydrogen) atoms. The Kier molecular flexibility index (Phi) is 6.14. The van der Waals surface area contributed by atoms with Crippen LogP contribution in [0.15, 0.2) is 24.3 Å². The lowest BCUT2D eigenvalue weighted by Gasteiger charge is -2.20. The van der Waals surface area contributed by atoms with Gasteiger partial charge in [-0.15, -0.1) is 0 Å². The highest BCUT2D eigenvalue weighted by Gasteiger charge is 2.31. The molecule has 0 radical (unpaired) electrons. The summed E-state index contributed by atoms with van der Waals surface area (Å²) >= 11 is 0. The molecular formula is C20H28N2O4. The molecule has 2 aliphatic rings. The van der Waals surface area contributed by atoms with Crippen LogP contribution in [0.2, 0.25) is 0 Å². The number of carbonyl (C=O) groups is 2. The van der Waals surface area contributed by atoms with E-state index in [1.165, 1.54) is 19.4 Å². The van der Waals surface area contributed by atoms with Crippen molar-refractivity contribution < 1.29 is 19.4 Å². The Hall–Kier alpha value is -2.08. The van der Waals surface area contributed by atoms with Gasteiger partial charge in [-0.3, -0.25) is 9.59 Å². The zero-order valence-corrected chi connectivity index (χ0v) is 15.4. The molecule has 0 spiro atoms. The molecule has 2 atom stereocenters. The van der Waals surface area contributed by atoms with Crippen LogP contribution >= 0.6 is 0 Å². The van der Waals surface area contributed by atoms with Gasteiger partial charge in [-0.25, -0.2) is 0 Å². The fourth-order valence-electron chi connectivity index (χ4n) is 3.92. The minimum atomic E-state index is -0.850. The fourth-order valence-corrected chi connectivity index (χ4v) is 3.92. The molecule has 1 N–H and O–H groups in total. The van der Waals surface area contributed by atoms with Crippen molar-refractivity contribution in [2.24, 2.45) is 5.92 Å². The molecule has 2 aliphatic heterocycles. The molecule has 6 nitrogen and oxygen atoms in total. The van der Waals surface area contributed by atoms with Gasteiger partial charge in [0.15, 0.2) is 0 Å². The van der Waals surface area contributed by atoms with E-state index in [1.807, 2.05) is 24.3 Å². The number of carbonyl (C=O) groups excluding carboxylic acids is 1. The summed E-state index contributed by atoms with van der Waals surface area (Å²) in [5, 5.41) is 8.89. The van der Waals surface area contributed by atoms with E-state index in [-0.39, 0.29) is 18.2 Å². The summed E-state index contributed by atoms with van der Waals surface area (Å²) < 4.78 is 5.81. The molecule has 1 aromatic carbocycles. The highest BCUT2D eigenvalue weighted by Crippen LogP contribution is 2.28. The average molecular weight is 360 g/mol. The van der Waals surface area contributed by atoms with Crippen LogP contribution in [0.4, 0.5) is 5.69 Å². The lowest BCUT2D eigenvalue weighted by atomic mass is 10.1. The maximum absolute atomic E-state index is 12.1. The van der Waals surface area contributed by atoms with E-state index in [0.717, 1.165) is 24.4 Å². The number of aliphatic carboxylic acids is 1. The van der Waals surface area contributed by atoms with Crippen LogP contribution in [-0.2, 0) is 9.59 Å². The summed E-state index contributed by atoms with van der Waals surface area (Å²) in [6.07, 6.45) is 3.95. The van der Waals surface area contributed by atoms with Gasteiger partial charge in [0.25, 0.3) is 0 Å². The minimum absolute atomic E-state index is 0.00958. The topological polar surface area (TPSA) is 70.1 Å². The number of carboxylic acids is 1. The SMILES string of the molecule is CC1CCCN1CCCOc1ccc(N2CC(CC(=O)O)CC2=O)cc1. The summed E-state index contributed by atoms with van der Waals surface area (Å²) in [4.78, 5) is 27.1. The van der Waals surface area contributed by atoms with Crippen molar-refractivity contribution in [3.05, 3.63) is 24.3 Å². The van der Waals surface area contributed by atoms with Crippen LogP contribution in [0, 0.1) is 5.92 Å². The number of benzene rings is 1. The van der Waals surface area contributed by atoms with Gasteiger partial charge in [-0.05, 0) is 62.9 Å². The predicted molar refractivity (Wildman–Crippen MR) is 99.5 cm³/mol. The molecule has 1 aromatic rings. The molecule has 0 aliphatic carbocycles. The van der Waals surface area contributed by atoms with Crippen molar-refractivity contribution >= 4 is 17.6 Å². The number of nitrogens with zero attached hydrogens (tertiary/aromatic N) is 2. The third-order valence-corrected chi connectivity index (χ3v) is 5.37. The molecule has 2 saturated heterocycles. The highest BCUT2D eigenvalue weighted by atomic mass is 16.5. The van der Waals surface area contributed by atoms with Gasteiger partial charge in [0.05, 0.1) is 13.0 Å². The highest BCUT2D eigenvalue weighted by molar-refractivity contribution is 5.96. The Morgan fingerprint density at radius 3 is 2.73 bits per heavy atom. The quantitative estimate of drug-likeness (QED) is 0.722. The van der Waals surface area contributed by atoms with E-state index < -0.39 is 5.97 Å². The number of anilines is 1. The molecule has 142 valence electrons. The first-order chi connectivity index (χ1) is 12.5. The Balaban J connectivity index is 1.44. The number of likely N-dealkylation sites (tertiary alicyclic amines) is 1. The van der Waals surface area contributed by atoms with E-state index in [4.69, 9.17) is 9.84 Å². The summed E-state index contributed by atoms with van der Waals surface area (Å²) in [5.41, 5.74) is 0.807. The van der Waals surface area contributed by atoms with E-state index in [0.29, 0.717) is 25.6 Å². The van der Waals surface area contributed by atoms with E-state index in [1.54, 1.807) is 4.90 Å². The Bertz CT molecular complexity index is 631. The first kappa shape index (κ1) is 18.7. The maximum atomic E-state index is 12.1. The van der Waals surface area contributed by atoms with Crippen molar-refractivity contribution in [1.29, 1.82) is 0 Å². The van der Waals surface area contributed by atoms with Crippen molar-refractivity contribution in [1.82, 2.24) is 4.90 Å². The summed E-state index contributed by atoms with van der Waals surface area (Å²) in [5.74, 6) is -0.165. The Labute approximate surface area is 154 Å². The second-order valence-corrected chi connectivity index (χ2v) is 7.40. The third-order valence-electron chi connectivity index (χ3n) is 5.37. The van der Waals surface area contributed by atoms with Gasteiger partial charge >= 0.3 is 5.97 Å². The molecule has 1 amide bonds. The second-order valence-electron chi connectivity index (χ2n) is 7.40. The lowest BCUT2D eigenvalue weighted by Crippen LogP contribution is -2.28. The first-order valence-corrected chi connectivity index (χ1v) is 9.52. The van der Waals surface area contributed by atoms with Gasteiger partial charge < -0.3 is 19.6 Å². The van der Waals surface area contributed by atoms with Crippen LogP contribution < -0.4 is 9.64 Å². The first-order valence-electron chi connectivity index (χ1n) is 9.52. The number of hydrogen-bond donors (Lipinski definition) is 1. The van der Waals surface area contributed by atoms with Gasteiger partial charge in [0.2, 0.25) is 5.91 Å². The number of amides is 1. The zero-order chi connectivity index (χ0) is 18.5. The van der Waals surface area contributed by atoms with Gasteiger partial charge in [0.1, 0.15) is 5.75 Å². The van der Waals surface area contributed by atoms with Crippen LogP contribution in [-0.4, -0.2) is 54.2 Å². The van der Waals surface area contributed by atoms with Gasteiger partial charge in [0, 0.05) is 31.2 Å². The minimum Gasteiger partial charge on any atom is -0.494 e. The van der Waals surface area contributed by atoms with E-state index in [2.05, 4.69) is 11.8 Å². The summed E-state index contributed by atoms with van der Waals surface area (Å²) in [6, 6.07) is 8.20.